The molecule has 8 rings (SSSR count). The first-order chi connectivity index (χ1) is 36.3. The van der Waals surface area contributed by atoms with Gasteiger partial charge in [0.15, 0.2) is 5.75 Å². The van der Waals surface area contributed by atoms with Gasteiger partial charge < -0.3 is 30.1 Å². The molecular formula is C54H46BaCl2N6O12S2. The molecule has 18 nitrogen and oxygen atoms in total. The van der Waals surface area contributed by atoms with Gasteiger partial charge >= 0.3 is 48.9 Å². The number of amides is 1. The molecule has 0 heterocycles. The van der Waals surface area contributed by atoms with Gasteiger partial charge in [-0.2, -0.15) is 21.9 Å². The molecule has 392 valence electrons. The minimum absolute atomic E-state index is 0. The van der Waals surface area contributed by atoms with Gasteiger partial charge in [0, 0.05) is 10.8 Å². The molecule has 77 heavy (non-hydrogen) atoms. The molecule has 0 aliphatic rings. The Labute approximate surface area is 493 Å². The summed E-state index contributed by atoms with van der Waals surface area (Å²) >= 11 is 12.4. The maximum absolute atomic E-state index is 13.4. The normalized spacial score (nSPS) is 11.9. The van der Waals surface area contributed by atoms with Crippen molar-refractivity contribution in [2.45, 2.75) is 50.3 Å². The fraction of sp³-hybridized carbons (Fsp3) is 0.148. The summed E-state index contributed by atoms with van der Waals surface area (Å²) in [5, 5.41) is 58.3. The summed E-state index contributed by atoms with van der Waals surface area (Å²) in [5.74, 6) is -1.66. The Balaban J connectivity index is 0.000000246. The third-order valence-electron chi connectivity index (χ3n) is 11.3. The van der Waals surface area contributed by atoms with Crippen LogP contribution in [0.15, 0.2) is 169 Å². The molecule has 0 fully saturated rings. The first kappa shape index (κ1) is 59.8. The van der Waals surface area contributed by atoms with Gasteiger partial charge in [0.2, 0.25) is 0 Å². The van der Waals surface area contributed by atoms with Crippen LogP contribution in [-0.4, -0.2) is 105 Å². The molecule has 0 radical (unpaired) electrons. The van der Waals surface area contributed by atoms with Crippen LogP contribution >= 0.6 is 23.2 Å². The number of para-hydroxylation sites is 4. The molecule has 0 bridgehead atoms. The summed E-state index contributed by atoms with van der Waals surface area (Å²) in [6.45, 7) is 7.98. The van der Waals surface area contributed by atoms with Crippen LogP contribution in [0.5, 0.6) is 23.0 Å². The topological polar surface area (TPSA) is 284 Å². The number of anilines is 1. The van der Waals surface area contributed by atoms with Crippen molar-refractivity contribution in [1.29, 1.82) is 0 Å². The molecule has 0 atom stereocenters. The van der Waals surface area contributed by atoms with Crippen LogP contribution in [0.25, 0.3) is 21.5 Å². The maximum Gasteiger partial charge on any atom is 2.00 e. The predicted molar refractivity (Wildman–Crippen MR) is 294 cm³/mol. The van der Waals surface area contributed by atoms with Crippen LogP contribution in [0, 0.1) is 0 Å². The number of azo groups is 2. The third-order valence-corrected chi connectivity index (χ3v) is 14.1. The van der Waals surface area contributed by atoms with Crippen molar-refractivity contribution in [3.05, 3.63) is 166 Å². The Morgan fingerprint density at radius 2 is 1.05 bits per heavy atom. The fourth-order valence-corrected chi connectivity index (χ4v) is 9.75. The molecule has 0 saturated carbocycles. The van der Waals surface area contributed by atoms with Gasteiger partial charge in [-0.3, -0.25) is 18.9 Å². The van der Waals surface area contributed by atoms with Gasteiger partial charge in [-0.1, -0.05) is 116 Å². The number of fused-ring (bicyclic) bond motifs is 2. The Bertz CT molecular complexity index is 3860. The van der Waals surface area contributed by atoms with E-state index in [0.717, 1.165) is 0 Å². The monoisotopic (exact) mass is 1240 g/mol. The van der Waals surface area contributed by atoms with E-state index >= 15 is 0 Å². The van der Waals surface area contributed by atoms with Gasteiger partial charge in [-0.05, 0) is 121 Å². The fourth-order valence-electron chi connectivity index (χ4n) is 7.61. The van der Waals surface area contributed by atoms with Gasteiger partial charge in [-0.25, -0.2) is 0 Å². The molecule has 8 aromatic rings. The molecular weight excluding hydrogens is 1200 g/mol. The number of halogens is 2. The number of rotatable bonds is 16. The standard InChI is InChI=1S/2C27H24ClN3O6S.Ba/c2*1-3-16-13-21(24(28)23(14-16)38(34,35)36)30-31-25-18-10-6-5-9-17(18)15-19(26(25)32)27(33)29-20-11-7-8-12-22(20)37-4-2;/h2*5-15,32H,3-4H2,1-2H3,(H,29,33)(H,34,35,36);/q;;+2/p-2. The van der Waals surface area contributed by atoms with Crippen LogP contribution in [0.3, 0.4) is 0 Å². The van der Waals surface area contributed by atoms with E-state index in [-0.39, 0.29) is 98.5 Å². The predicted octanol–water partition coefficient (Wildman–Crippen LogP) is 12.3. The number of carbonyl (C=O) groups is 1. The van der Waals surface area contributed by atoms with Crippen molar-refractivity contribution < 1.29 is 55.5 Å². The van der Waals surface area contributed by atoms with E-state index in [2.05, 4.69) is 30.8 Å². The molecule has 0 aliphatic heterocycles. The zero-order valence-corrected chi connectivity index (χ0v) is 49.1. The first-order valence-corrected chi connectivity index (χ1v) is 26.8. The number of phenolic OH excluding ortho intramolecular Hbond substituents is 1. The van der Waals surface area contributed by atoms with Crippen molar-refractivity contribution in [3.63, 3.8) is 0 Å². The summed E-state index contributed by atoms with van der Waals surface area (Å²) < 4.78 is 77.5. The number of aromatic hydroxyl groups is 1. The zero-order chi connectivity index (χ0) is 54.9. The molecule has 0 aliphatic carbocycles. The number of benzene rings is 8. The van der Waals surface area contributed by atoms with Crippen LogP contribution in [0.1, 0.15) is 54.7 Å². The van der Waals surface area contributed by atoms with Crippen molar-refractivity contribution in [1.82, 2.24) is 0 Å². The van der Waals surface area contributed by atoms with Crippen molar-refractivity contribution >= 4 is 160 Å². The molecule has 1 amide bonds. The van der Waals surface area contributed by atoms with Gasteiger partial charge in [0.25, 0.3) is 26.1 Å². The van der Waals surface area contributed by atoms with E-state index < -0.39 is 53.3 Å². The van der Waals surface area contributed by atoms with Crippen molar-refractivity contribution in [2.75, 3.05) is 18.5 Å². The second kappa shape index (κ2) is 26.3. The van der Waals surface area contributed by atoms with E-state index in [9.17, 15) is 46.1 Å². The molecule has 23 heteroatoms. The van der Waals surface area contributed by atoms with Crippen LogP contribution in [-0.2, 0) is 33.1 Å². The molecule has 0 saturated heterocycles. The Morgan fingerprint density at radius 3 is 1.58 bits per heavy atom. The average Bonchev–Trinajstić information content (AvgIpc) is 3.39. The van der Waals surface area contributed by atoms with Gasteiger partial charge in [0.1, 0.15) is 44.0 Å². The Morgan fingerprint density at radius 1 is 0.597 bits per heavy atom. The Hall–Kier alpha value is -6.41. The van der Waals surface area contributed by atoms with E-state index in [1.165, 1.54) is 36.4 Å². The molecule has 8 aromatic carbocycles. The average molecular weight is 1240 g/mol. The molecule has 0 spiro atoms. The van der Waals surface area contributed by atoms with Crippen molar-refractivity contribution in [3.8, 4) is 23.0 Å². The number of hydrogen-bond acceptors (Lipinski definition) is 15. The summed E-state index contributed by atoms with van der Waals surface area (Å²) in [6.07, 6.45) is 0.863. The van der Waals surface area contributed by atoms with Crippen LogP contribution in [0.2, 0.25) is 10.0 Å². The number of phenols is 1. The maximum atomic E-state index is 13.4. The number of aryl methyl sites for hydroxylation is 2. The van der Waals surface area contributed by atoms with Gasteiger partial charge in [0.05, 0.1) is 40.2 Å². The number of nitrogens with one attached hydrogen (secondary N) is 1. The number of nitrogens with zero attached hydrogens (tertiary/aromatic N) is 5. The van der Waals surface area contributed by atoms with Gasteiger partial charge in [-0.15, -0.1) is 15.3 Å². The Kier molecular flexibility index (Phi) is 20.4. The number of carbonyl (C=O) groups excluding carboxylic acids is 1. The SMILES string of the molecule is CCOc1ccccc1N=C([O-])c1cc2ccccc2c(N=Nc2cc(CC)cc(S(=O)(=O)O)c2Cl)c1[O-].CCOc1ccccc1NC(=O)c1cc2ccccc2c(N=Nc2cc(CC)cc(S(=O)(=O)O)c2Cl)c1O.[Ba+2]. The van der Waals surface area contributed by atoms with E-state index in [4.69, 9.17) is 32.7 Å². The number of aliphatic imine (C=N–C) groups is 1. The molecule has 0 aromatic heterocycles. The zero-order valence-electron chi connectivity index (χ0n) is 41.6. The minimum atomic E-state index is -4.63. The minimum Gasteiger partial charge on any atom is -0.871 e. The van der Waals surface area contributed by atoms with E-state index in [1.54, 1.807) is 118 Å². The summed E-state index contributed by atoms with van der Waals surface area (Å²) in [7, 11) is -9.25. The van der Waals surface area contributed by atoms with Crippen molar-refractivity contribution in [2.24, 2.45) is 25.4 Å². The van der Waals surface area contributed by atoms with Crippen LogP contribution < -0.4 is 25.0 Å². The largest absolute Gasteiger partial charge is 2.00 e. The number of ether oxygens (including phenoxy) is 2. The smallest absolute Gasteiger partial charge is 0.871 e. The van der Waals surface area contributed by atoms with Crippen LogP contribution in [0.4, 0.5) is 34.1 Å². The summed E-state index contributed by atoms with van der Waals surface area (Å²) in [4.78, 5) is 16.3. The summed E-state index contributed by atoms with van der Waals surface area (Å²) in [5.41, 5.74) is 1.24. The second-order valence-electron chi connectivity index (χ2n) is 16.3. The number of hydrogen-bond donors (Lipinski definition) is 4. The van der Waals surface area contributed by atoms with E-state index in [1.807, 2.05) is 6.92 Å². The second-order valence-corrected chi connectivity index (χ2v) is 19.8. The molecule has 4 N–H and O–H groups in total. The summed E-state index contributed by atoms with van der Waals surface area (Å²) in [6, 6.07) is 35.9. The third kappa shape index (κ3) is 14.2. The van der Waals surface area contributed by atoms with E-state index in [0.29, 0.717) is 75.9 Å². The quantitative estimate of drug-likeness (QED) is 0.0231. The molecule has 0 unspecified atom stereocenters. The first-order valence-electron chi connectivity index (χ1n) is 23.2.